The van der Waals surface area contributed by atoms with Gasteiger partial charge in [-0.25, -0.2) is 9.78 Å². The Kier molecular flexibility index (Phi) is 4.10. The van der Waals surface area contributed by atoms with Crippen molar-refractivity contribution >= 4 is 5.97 Å². The van der Waals surface area contributed by atoms with E-state index < -0.39 is 47.9 Å². The SMILES string of the molecule is COC(=O)c1nccn([C@H]2O[C@H](CO)C(O)C2(C)O)c1=O. The number of rotatable bonds is 3. The smallest absolute Gasteiger partial charge is 0.362 e. The van der Waals surface area contributed by atoms with Crippen LogP contribution in [0.1, 0.15) is 23.6 Å². The Labute approximate surface area is 119 Å². The maximum Gasteiger partial charge on any atom is 0.362 e. The second kappa shape index (κ2) is 5.53. The lowest BCUT2D eigenvalue weighted by Crippen LogP contribution is -2.46. The van der Waals surface area contributed by atoms with Crippen molar-refractivity contribution in [1.29, 1.82) is 0 Å². The van der Waals surface area contributed by atoms with E-state index in [4.69, 9.17) is 9.84 Å². The molecule has 0 bridgehead atoms. The highest BCUT2D eigenvalue weighted by atomic mass is 16.6. The van der Waals surface area contributed by atoms with Crippen LogP contribution in [0.5, 0.6) is 0 Å². The van der Waals surface area contributed by atoms with Crippen LogP contribution in [-0.2, 0) is 9.47 Å². The minimum absolute atomic E-state index is 0.471. The first kappa shape index (κ1) is 15.6. The average molecular weight is 300 g/mol. The molecule has 0 saturated carbocycles. The lowest BCUT2D eigenvalue weighted by Gasteiger charge is -2.27. The first-order valence-electron chi connectivity index (χ1n) is 6.16. The number of aliphatic hydroxyl groups is 3. The highest BCUT2D eigenvalue weighted by Gasteiger charge is 2.53. The Balaban J connectivity index is 2.48. The molecule has 0 aromatic carbocycles. The first-order chi connectivity index (χ1) is 9.84. The van der Waals surface area contributed by atoms with Crippen LogP contribution < -0.4 is 5.56 Å². The van der Waals surface area contributed by atoms with Gasteiger partial charge in [-0.3, -0.25) is 9.36 Å². The summed E-state index contributed by atoms with van der Waals surface area (Å²) in [6, 6.07) is 0. The van der Waals surface area contributed by atoms with Crippen LogP contribution in [0.15, 0.2) is 17.2 Å². The summed E-state index contributed by atoms with van der Waals surface area (Å²) in [5, 5.41) is 29.3. The summed E-state index contributed by atoms with van der Waals surface area (Å²) in [6.45, 7) is 0.736. The van der Waals surface area contributed by atoms with Crippen molar-refractivity contribution in [2.45, 2.75) is 31.0 Å². The lowest BCUT2D eigenvalue weighted by molar-refractivity contribution is -0.0983. The Morgan fingerprint density at radius 2 is 2.29 bits per heavy atom. The van der Waals surface area contributed by atoms with E-state index in [9.17, 15) is 19.8 Å². The van der Waals surface area contributed by atoms with Crippen molar-refractivity contribution in [1.82, 2.24) is 9.55 Å². The van der Waals surface area contributed by atoms with E-state index in [2.05, 4.69) is 9.72 Å². The zero-order chi connectivity index (χ0) is 15.8. The van der Waals surface area contributed by atoms with Crippen LogP contribution in [0.3, 0.4) is 0 Å². The summed E-state index contributed by atoms with van der Waals surface area (Å²) in [6.07, 6.45) is -1.34. The normalized spacial score (nSPS) is 32.1. The van der Waals surface area contributed by atoms with E-state index >= 15 is 0 Å². The predicted molar refractivity (Wildman–Crippen MR) is 67.5 cm³/mol. The number of aliphatic hydroxyl groups excluding tert-OH is 2. The third-order valence-electron chi connectivity index (χ3n) is 3.43. The van der Waals surface area contributed by atoms with Crippen molar-refractivity contribution in [3.05, 3.63) is 28.4 Å². The molecule has 3 N–H and O–H groups in total. The largest absolute Gasteiger partial charge is 0.464 e. The van der Waals surface area contributed by atoms with Crippen LogP contribution in [0.25, 0.3) is 0 Å². The molecule has 1 fully saturated rings. The lowest BCUT2D eigenvalue weighted by atomic mass is 9.96. The van der Waals surface area contributed by atoms with Gasteiger partial charge in [0.05, 0.1) is 13.7 Å². The summed E-state index contributed by atoms with van der Waals surface area (Å²) in [5.74, 6) is -0.925. The van der Waals surface area contributed by atoms with E-state index in [1.54, 1.807) is 0 Å². The van der Waals surface area contributed by atoms with E-state index in [0.29, 0.717) is 0 Å². The molecule has 0 aliphatic carbocycles. The van der Waals surface area contributed by atoms with Gasteiger partial charge in [-0.15, -0.1) is 0 Å². The van der Waals surface area contributed by atoms with Gasteiger partial charge in [0.25, 0.3) is 5.56 Å². The van der Waals surface area contributed by atoms with Gasteiger partial charge in [-0.1, -0.05) is 0 Å². The molecule has 2 heterocycles. The summed E-state index contributed by atoms with van der Waals surface area (Å²) < 4.78 is 10.7. The molecule has 4 atom stereocenters. The van der Waals surface area contributed by atoms with Crippen molar-refractivity contribution in [3.63, 3.8) is 0 Å². The molecule has 1 aliphatic heterocycles. The molecule has 9 nitrogen and oxygen atoms in total. The van der Waals surface area contributed by atoms with E-state index in [1.807, 2.05) is 0 Å². The molecular weight excluding hydrogens is 284 g/mol. The number of hydrogen-bond acceptors (Lipinski definition) is 8. The molecule has 1 aromatic heterocycles. The maximum absolute atomic E-state index is 12.2. The first-order valence-corrected chi connectivity index (χ1v) is 6.16. The number of methoxy groups -OCH3 is 1. The summed E-state index contributed by atoms with van der Waals surface area (Å²) in [7, 11) is 1.11. The van der Waals surface area contributed by atoms with Crippen LogP contribution in [0, 0.1) is 0 Å². The summed E-state index contributed by atoms with van der Waals surface area (Å²) >= 11 is 0. The Morgan fingerprint density at radius 1 is 1.62 bits per heavy atom. The van der Waals surface area contributed by atoms with Crippen molar-refractivity contribution in [2.24, 2.45) is 0 Å². The zero-order valence-corrected chi connectivity index (χ0v) is 11.5. The molecule has 2 rings (SSSR count). The van der Waals surface area contributed by atoms with Gasteiger partial charge in [-0.2, -0.15) is 0 Å². The van der Waals surface area contributed by atoms with Gasteiger partial charge in [0.1, 0.15) is 17.8 Å². The molecular formula is C12H16N2O7. The molecule has 2 unspecified atom stereocenters. The average Bonchev–Trinajstić information content (AvgIpc) is 2.69. The van der Waals surface area contributed by atoms with E-state index in [-0.39, 0.29) is 0 Å². The third kappa shape index (κ3) is 2.44. The molecule has 0 spiro atoms. The van der Waals surface area contributed by atoms with Gasteiger partial charge in [-0.05, 0) is 6.92 Å². The summed E-state index contributed by atoms with van der Waals surface area (Å²) in [5.41, 5.74) is -3.13. The van der Waals surface area contributed by atoms with Gasteiger partial charge in [0.15, 0.2) is 6.23 Å². The fourth-order valence-corrected chi connectivity index (χ4v) is 2.24. The van der Waals surface area contributed by atoms with Crippen LogP contribution in [0.2, 0.25) is 0 Å². The van der Waals surface area contributed by atoms with Crippen molar-refractivity contribution < 1.29 is 29.6 Å². The number of nitrogens with zero attached hydrogens (tertiary/aromatic N) is 2. The second-order valence-corrected chi connectivity index (χ2v) is 4.86. The van der Waals surface area contributed by atoms with E-state index in [0.717, 1.165) is 11.7 Å². The third-order valence-corrected chi connectivity index (χ3v) is 3.43. The van der Waals surface area contributed by atoms with Crippen molar-refractivity contribution in [2.75, 3.05) is 13.7 Å². The number of esters is 1. The molecule has 1 saturated heterocycles. The molecule has 0 amide bonds. The Bertz CT molecular complexity index is 598. The van der Waals surface area contributed by atoms with E-state index in [1.165, 1.54) is 19.3 Å². The number of carbonyl (C=O) groups excluding carboxylic acids is 1. The highest BCUT2D eigenvalue weighted by Crippen LogP contribution is 2.37. The minimum Gasteiger partial charge on any atom is -0.464 e. The van der Waals surface area contributed by atoms with Gasteiger partial charge >= 0.3 is 5.97 Å². The fraction of sp³-hybridized carbons (Fsp3) is 0.583. The van der Waals surface area contributed by atoms with Gasteiger partial charge in [0, 0.05) is 12.4 Å². The standard InChI is InChI=1S/C12H16N2O7/c1-12(19)8(16)6(5-15)21-11(12)14-4-3-13-7(9(14)17)10(18)20-2/h3-4,6,8,11,15-16,19H,5H2,1-2H3/t6-,8?,11+,12?/m1/s1. The van der Waals surface area contributed by atoms with Crippen LogP contribution in [-0.4, -0.2) is 62.4 Å². The number of carbonyl (C=O) groups is 1. The molecule has 1 aromatic rings. The molecule has 116 valence electrons. The van der Waals surface area contributed by atoms with Gasteiger partial charge in [0.2, 0.25) is 5.69 Å². The minimum atomic E-state index is -1.83. The number of ether oxygens (including phenoxy) is 2. The molecule has 9 heteroatoms. The second-order valence-electron chi connectivity index (χ2n) is 4.86. The van der Waals surface area contributed by atoms with Crippen LogP contribution in [0.4, 0.5) is 0 Å². The fourth-order valence-electron chi connectivity index (χ4n) is 2.24. The molecule has 21 heavy (non-hydrogen) atoms. The quantitative estimate of drug-likeness (QED) is 0.548. The number of aromatic nitrogens is 2. The van der Waals surface area contributed by atoms with Gasteiger partial charge < -0.3 is 24.8 Å². The van der Waals surface area contributed by atoms with Crippen molar-refractivity contribution in [3.8, 4) is 0 Å². The zero-order valence-electron chi connectivity index (χ0n) is 11.5. The van der Waals surface area contributed by atoms with Crippen LogP contribution >= 0.6 is 0 Å². The maximum atomic E-state index is 12.2. The Hall–Kier alpha value is -1.81. The summed E-state index contributed by atoms with van der Waals surface area (Å²) in [4.78, 5) is 27.3. The molecule has 0 radical (unpaired) electrons. The highest BCUT2D eigenvalue weighted by molar-refractivity contribution is 5.86. The predicted octanol–water partition coefficient (Wildman–Crippen LogP) is -1.97. The Morgan fingerprint density at radius 3 is 2.81 bits per heavy atom. The number of hydrogen-bond donors (Lipinski definition) is 3. The molecule has 1 aliphatic rings. The topological polar surface area (TPSA) is 131 Å². The monoisotopic (exact) mass is 300 g/mol.